The van der Waals surface area contributed by atoms with Crippen molar-refractivity contribution >= 4 is 21.7 Å². The van der Waals surface area contributed by atoms with Crippen LogP contribution in [0.5, 0.6) is 5.75 Å². The number of halogens is 2. The summed E-state index contributed by atoms with van der Waals surface area (Å²) in [5, 5.41) is 0. The van der Waals surface area contributed by atoms with Crippen molar-refractivity contribution < 1.29 is 13.9 Å². The van der Waals surface area contributed by atoms with Gasteiger partial charge in [-0.1, -0.05) is 0 Å². The lowest BCUT2D eigenvalue weighted by Gasteiger charge is -2.05. The third-order valence-electron chi connectivity index (χ3n) is 2.41. The second-order valence-electron chi connectivity index (χ2n) is 3.85. The van der Waals surface area contributed by atoms with Gasteiger partial charge in [-0.25, -0.2) is 4.39 Å². The van der Waals surface area contributed by atoms with Crippen molar-refractivity contribution in [2.75, 3.05) is 6.61 Å². The number of benzene rings is 1. The SMILES string of the molecule is Cn1ccc(C(=O)COc2ccc(F)c(Br)c2)c1. The van der Waals surface area contributed by atoms with Crippen LogP contribution >= 0.6 is 15.9 Å². The Kier molecular flexibility index (Phi) is 3.81. The van der Waals surface area contributed by atoms with Crippen LogP contribution in [0.4, 0.5) is 4.39 Å². The van der Waals surface area contributed by atoms with Crippen molar-refractivity contribution in [3.8, 4) is 5.75 Å². The molecule has 0 fully saturated rings. The monoisotopic (exact) mass is 311 g/mol. The van der Waals surface area contributed by atoms with E-state index in [9.17, 15) is 9.18 Å². The van der Waals surface area contributed by atoms with Gasteiger partial charge in [0.1, 0.15) is 11.6 Å². The Balaban J connectivity index is 1.99. The molecule has 0 bridgehead atoms. The number of ether oxygens (including phenoxy) is 1. The van der Waals surface area contributed by atoms with Gasteiger partial charge in [0, 0.05) is 25.0 Å². The van der Waals surface area contributed by atoms with Gasteiger partial charge in [0.15, 0.2) is 6.61 Å². The molecule has 0 radical (unpaired) electrons. The molecule has 0 unspecified atom stereocenters. The summed E-state index contributed by atoms with van der Waals surface area (Å²) in [5.74, 6) is -0.0275. The summed E-state index contributed by atoms with van der Waals surface area (Å²) in [6, 6.07) is 5.99. The molecule has 94 valence electrons. The topological polar surface area (TPSA) is 31.2 Å². The van der Waals surface area contributed by atoms with E-state index in [1.54, 1.807) is 23.0 Å². The zero-order valence-electron chi connectivity index (χ0n) is 9.69. The van der Waals surface area contributed by atoms with Crippen molar-refractivity contribution in [2.24, 2.45) is 7.05 Å². The fourth-order valence-electron chi connectivity index (χ4n) is 1.47. The van der Waals surface area contributed by atoms with E-state index >= 15 is 0 Å². The standard InChI is InChI=1S/C13H11BrFNO2/c1-16-5-4-9(7-16)13(17)8-18-10-2-3-12(15)11(14)6-10/h2-7H,8H2,1H3. The van der Waals surface area contributed by atoms with Crippen LogP contribution < -0.4 is 4.74 Å². The number of ketones is 1. The lowest BCUT2D eigenvalue weighted by atomic mass is 10.2. The summed E-state index contributed by atoms with van der Waals surface area (Å²) in [5.41, 5.74) is 0.596. The third-order valence-corrected chi connectivity index (χ3v) is 3.02. The van der Waals surface area contributed by atoms with Crippen LogP contribution in [0.2, 0.25) is 0 Å². The molecule has 5 heteroatoms. The van der Waals surface area contributed by atoms with Crippen LogP contribution in [0, 0.1) is 5.82 Å². The van der Waals surface area contributed by atoms with Crippen molar-refractivity contribution in [3.63, 3.8) is 0 Å². The number of hydrogen-bond donors (Lipinski definition) is 0. The number of aromatic nitrogens is 1. The number of Topliss-reactive ketones (excluding diaryl/α,β-unsaturated/α-hetero) is 1. The smallest absolute Gasteiger partial charge is 0.201 e. The van der Waals surface area contributed by atoms with Crippen LogP contribution in [-0.2, 0) is 7.05 Å². The number of nitrogens with zero attached hydrogens (tertiary/aromatic N) is 1. The predicted octanol–water partition coefficient (Wildman–Crippen LogP) is 3.19. The zero-order chi connectivity index (χ0) is 13.1. The van der Waals surface area contributed by atoms with Crippen molar-refractivity contribution in [1.82, 2.24) is 4.57 Å². The first-order valence-electron chi connectivity index (χ1n) is 5.29. The van der Waals surface area contributed by atoms with E-state index < -0.39 is 0 Å². The molecule has 0 saturated carbocycles. The molecule has 0 amide bonds. The molecule has 0 aliphatic rings. The molecule has 0 atom stereocenters. The summed E-state index contributed by atoms with van der Waals surface area (Å²) in [4.78, 5) is 11.8. The Labute approximate surface area is 112 Å². The van der Waals surface area contributed by atoms with Gasteiger partial charge in [0.2, 0.25) is 5.78 Å². The molecule has 1 aromatic heterocycles. The number of rotatable bonds is 4. The molecule has 0 N–H and O–H groups in total. The highest BCUT2D eigenvalue weighted by Gasteiger charge is 2.08. The van der Waals surface area contributed by atoms with Gasteiger partial charge in [-0.2, -0.15) is 0 Å². The Morgan fingerprint density at radius 1 is 1.44 bits per heavy atom. The molecule has 1 heterocycles. The van der Waals surface area contributed by atoms with Gasteiger partial charge < -0.3 is 9.30 Å². The van der Waals surface area contributed by atoms with E-state index in [0.29, 0.717) is 15.8 Å². The quantitative estimate of drug-likeness (QED) is 0.812. The minimum Gasteiger partial charge on any atom is -0.485 e. The minimum atomic E-state index is -0.364. The number of hydrogen-bond acceptors (Lipinski definition) is 2. The van der Waals surface area contributed by atoms with E-state index in [4.69, 9.17) is 4.74 Å². The molecule has 3 nitrogen and oxygen atoms in total. The maximum Gasteiger partial charge on any atom is 0.201 e. The maximum absolute atomic E-state index is 13.0. The summed E-state index contributed by atoms with van der Waals surface area (Å²) in [6.07, 6.45) is 3.52. The van der Waals surface area contributed by atoms with Crippen LogP contribution in [0.25, 0.3) is 0 Å². The molecular weight excluding hydrogens is 301 g/mol. The average Bonchev–Trinajstić information content (AvgIpc) is 2.77. The van der Waals surface area contributed by atoms with Crippen LogP contribution in [-0.4, -0.2) is 17.0 Å². The van der Waals surface area contributed by atoms with Crippen LogP contribution in [0.3, 0.4) is 0 Å². The molecule has 0 aliphatic carbocycles. The van der Waals surface area contributed by atoms with Gasteiger partial charge in [-0.3, -0.25) is 4.79 Å². The van der Waals surface area contributed by atoms with E-state index in [1.807, 2.05) is 7.05 Å². The van der Waals surface area contributed by atoms with Crippen LogP contribution in [0.1, 0.15) is 10.4 Å². The first-order valence-corrected chi connectivity index (χ1v) is 6.08. The van der Waals surface area contributed by atoms with Crippen LogP contribution in [0.15, 0.2) is 41.1 Å². The van der Waals surface area contributed by atoms with E-state index in [2.05, 4.69) is 15.9 Å². The lowest BCUT2D eigenvalue weighted by Crippen LogP contribution is -2.10. The summed E-state index contributed by atoms with van der Waals surface area (Å²) >= 11 is 3.06. The minimum absolute atomic E-state index is 0.0674. The molecule has 18 heavy (non-hydrogen) atoms. The Morgan fingerprint density at radius 2 is 2.22 bits per heavy atom. The zero-order valence-corrected chi connectivity index (χ0v) is 11.3. The second-order valence-corrected chi connectivity index (χ2v) is 4.71. The number of carbonyl (C=O) groups is 1. The Bertz CT molecular complexity index is 580. The van der Waals surface area contributed by atoms with E-state index in [0.717, 1.165) is 0 Å². The lowest BCUT2D eigenvalue weighted by molar-refractivity contribution is 0.0921. The molecule has 0 saturated heterocycles. The highest BCUT2D eigenvalue weighted by Crippen LogP contribution is 2.21. The van der Waals surface area contributed by atoms with Gasteiger partial charge in [0.05, 0.1) is 4.47 Å². The summed E-state index contributed by atoms with van der Waals surface area (Å²) in [7, 11) is 1.84. The van der Waals surface area contributed by atoms with E-state index in [1.165, 1.54) is 18.2 Å². The molecule has 0 aliphatic heterocycles. The van der Waals surface area contributed by atoms with Gasteiger partial charge in [-0.05, 0) is 40.2 Å². The Morgan fingerprint density at radius 3 is 2.83 bits per heavy atom. The van der Waals surface area contributed by atoms with E-state index in [-0.39, 0.29) is 18.2 Å². The fraction of sp³-hybridized carbons (Fsp3) is 0.154. The summed E-state index contributed by atoms with van der Waals surface area (Å²) in [6.45, 7) is -0.0674. The first-order chi connectivity index (χ1) is 8.56. The highest BCUT2D eigenvalue weighted by molar-refractivity contribution is 9.10. The number of aryl methyl sites for hydroxylation is 1. The maximum atomic E-state index is 13.0. The average molecular weight is 312 g/mol. The molecule has 2 rings (SSSR count). The third kappa shape index (κ3) is 2.98. The normalized spacial score (nSPS) is 10.4. The number of carbonyl (C=O) groups excluding carboxylic acids is 1. The Hall–Kier alpha value is -1.62. The van der Waals surface area contributed by atoms with Crippen molar-refractivity contribution in [3.05, 3.63) is 52.5 Å². The second kappa shape index (κ2) is 5.35. The first kappa shape index (κ1) is 12.8. The van der Waals surface area contributed by atoms with Crippen molar-refractivity contribution in [1.29, 1.82) is 0 Å². The largest absolute Gasteiger partial charge is 0.485 e. The predicted molar refractivity (Wildman–Crippen MR) is 69.3 cm³/mol. The molecule has 1 aromatic carbocycles. The van der Waals surface area contributed by atoms with Gasteiger partial charge in [0.25, 0.3) is 0 Å². The molecular formula is C13H11BrFNO2. The molecule has 2 aromatic rings. The highest BCUT2D eigenvalue weighted by atomic mass is 79.9. The molecule has 0 spiro atoms. The van der Waals surface area contributed by atoms with Gasteiger partial charge >= 0.3 is 0 Å². The van der Waals surface area contributed by atoms with Crippen molar-refractivity contribution in [2.45, 2.75) is 0 Å². The summed E-state index contributed by atoms with van der Waals surface area (Å²) < 4.78 is 20.4. The fourth-order valence-corrected chi connectivity index (χ4v) is 1.82. The van der Waals surface area contributed by atoms with Gasteiger partial charge in [-0.15, -0.1) is 0 Å².